The fraction of sp³-hybridized carbons (Fsp3) is 0.277. The van der Waals surface area contributed by atoms with E-state index in [1.54, 1.807) is 43.0 Å². The third-order valence-electron chi connectivity index (χ3n) is 10.4. The van der Waals surface area contributed by atoms with Crippen molar-refractivity contribution >= 4 is 50.6 Å². The summed E-state index contributed by atoms with van der Waals surface area (Å²) in [5.41, 5.74) is 9.76. The first-order valence-electron chi connectivity index (χ1n) is 19.7. The number of para-hydroxylation sites is 1. The SMILES string of the molecule is Cc1nccnc1N(C)[CH-]Nc1[c-]c(N2[CH-]N(C)c3nccnc32)cc(-c2c(C(C)C)cc(C(C)C)cc2C(C)C)c1.FC(F)(F)c1ccc2[n-]c3ccccc3c2c1.[Pt+4]. The van der Waals surface area contributed by atoms with Gasteiger partial charge < -0.3 is 25.0 Å². The Balaban J connectivity index is 0.000000278. The molecule has 1 aliphatic rings. The Hall–Kier alpha value is -5.48. The van der Waals surface area contributed by atoms with Gasteiger partial charge in [0.05, 0.1) is 11.3 Å². The number of hydrogen-bond acceptors (Lipinski definition) is 8. The van der Waals surface area contributed by atoms with Gasteiger partial charge in [-0.1, -0.05) is 90.1 Å². The fourth-order valence-corrected chi connectivity index (χ4v) is 7.32. The number of fused-ring (bicyclic) bond motifs is 4. The molecule has 3 aromatic heterocycles. The van der Waals surface area contributed by atoms with Crippen molar-refractivity contribution < 1.29 is 34.2 Å². The van der Waals surface area contributed by atoms with Crippen LogP contribution in [0.2, 0.25) is 0 Å². The molecule has 0 saturated carbocycles. The molecule has 7 aromatic rings. The van der Waals surface area contributed by atoms with Gasteiger partial charge in [0.1, 0.15) is 17.5 Å². The summed E-state index contributed by atoms with van der Waals surface area (Å²) in [6, 6.07) is 23.6. The first-order valence-corrected chi connectivity index (χ1v) is 19.7. The quantitative estimate of drug-likeness (QED) is 0.142. The molecule has 1 N–H and O–H groups in total. The maximum atomic E-state index is 12.6. The third kappa shape index (κ3) is 9.14. The standard InChI is InChI=1S/C34H41N8.C13H7F3N.Pt/c1-21(2)25-16-29(22(3)4)31(30(17-25)23(5)6)26-14-27(39-19-40(8)32-24(7)35-10-11-36-32)18-28(15-26)42-20-41(9)33-34(42)38-13-12-37-33;14-13(15,16)8-5-6-12-10(7-8)9-3-1-2-4-11(9)17-12;/h10-17,19-23,39H,1-9H3;1-7H;/q-3;-1;+4. The predicted molar refractivity (Wildman–Crippen MR) is 233 cm³/mol. The van der Waals surface area contributed by atoms with Crippen LogP contribution in [-0.4, -0.2) is 34.0 Å². The molecule has 0 aliphatic carbocycles. The van der Waals surface area contributed by atoms with Crippen molar-refractivity contribution in [2.45, 2.75) is 72.4 Å². The van der Waals surface area contributed by atoms with Crippen LogP contribution in [-0.2, 0) is 27.2 Å². The molecular weight excluding hydrogens is 943 g/mol. The largest absolute Gasteiger partial charge is 4.00 e. The Morgan fingerprint density at radius 1 is 0.783 bits per heavy atom. The van der Waals surface area contributed by atoms with Crippen molar-refractivity contribution in [3.05, 3.63) is 139 Å². The number of nitrogens with one attached hydrogen (secondary N) is 1. The van der Waals surface area contributed by atoms with Crippen LogP contribution in [0, 0.1) is 26.3 Å². The normalized spacial score (nSPS) is 12.6. The molecule has 0 fully saturated rings. The molecule has 0 spiro atoms. The molecule has 1 aliphatic heterocycles. The average Bonchev–Trinajstić information content (AvgIpc) is 3.76. The number of nitrogens with zero attached hydrogens (tertiary/aromatic N) is 8. The minimum absolute atomic E-state index is 0. The second kappa shape index (κ2) is 18.0. The molecule has 60 heavy (non-hydrogen) atoms. The molecule has 4 heterocycles. The van der Waals surface area contributed by atoms with Gasteiger partial charge in [-0.25, -0.2) is 15.0 Å². The van der Waals surface area contributed by atoms with E-state index in [-0.39, 0.29) is 21.1 Å². The molecule has 13 heteroatoms. The van der Waals surface area contributed by atoms with Crippen LogP contribution in [0.4, 0.5) is 42.0 Å². The third-order valence-corrected chi connectivity index (χ3v) is 10.4. The fourth-order valence-electron chi connectivity index (χ4n) is 7.32. The number of anilines is 5. The van der Waals surface area contributed by atoms with Crippen LogP contribution in [0.5, 0.6) is 0 Å². The van der Waals surface area contributed by atoms with Gasteiger partial charge in [-0.05, 0) is 77.9 Å². The van der Waals surface area contributed by atoms with Gasteiger partial charge in [0.15, 0.2) is 0 Å². The van der Waals surface area contributed by atoms with E-state index in [0.717, 1.165) is 63.1 Å². The van der Waals surface area contributed by atoms with E-state index in [4.69, 9.17) is 0 Å². The number of aryl methyl sites for hydroxylation is 1. The first kappa shape index (κ1) is 44.1. The second-order valence-electron chi connectivity index (χ2n) is 15.7. The van der Waals surface area contributed by atoms with Crippen molar-refractivity contribution in [1.29, 1.82) is 0 Å². The van der Waals surface area contributed by atoms with Gasteiger partial charge >= 0.3 is 27.2 Å². The summed E-state index contributed by atoms with van der Waals surface area (Å²) in [5, 5.41) is 4.80. The van der Waals surface area contributed by atoms with Crippen molar-refractivity contribution in [2.24, 2.45) is 0 Å². The smallest absolute Gasteiger partial charge is 0.657 e. The Bertz CT molecular complexity index is 2570. The molecular formula is C47H48F3N9Pt. The summed E-state index contributed by atoms with van der Waals surface area (Å²) in [7, 11) is 3.95. The number of rotatable bonds is 9. The van der Waals surface area contributed by atoms with E-state index in [1.807, 2.05) is 50.2 Å². The molecule has 0 atom stereocenters. The van der Waals surface area contributed by atoms with Gasteiger partial charge in [-0.3, -0.25) is 4.98 Å². The van der Waals surface area contributed by atoms with Crippen LogP contribution < -0.4 is 25.0 Å². The summed E-state index contributed by atoms with van der Waals surface area (Å²) in [6.07, 6.45) is 2.55. The minimum atomic E-state index is -4.31. The molecule has 0 unspecified atom stereocenters. The number of hydrogen-bond donors (Lipinski definition) is 1. The summed E-state index contributed by atoms with van der Waals surface area (Å²) in [6.45, 7) is 19.5. The van der Waals surface area contributed by atoms with Crippen LogP contribution in [0.15, 0.2) is 91.5 Å². The maximum absolute atomic E-state index is 12.6. The summed E-state index contributed by atoms with van der Waals surface area (Å²) >= 11 is 0. The first-order chi connectivity index (χ1) is 28.1. The van der Waals surface area contributed by atoms with Crippen molar-refractivity contribution in [3.63, 3.8) is 0 Å². The molecule has 8 rings (SSSR count). The van der Waals surface area contributed by atoms with Crippen LogP contribution in [0.1, 0.15) is 87.2 Å². The topological polar surface area (TPSA) is 87.4 Å². The molecule has 312 valence electrons. The van der Waals surface area contributed by atoms with E-state index in [9.17, 15) is 13.2 Å². The zero-order valence-electron chi connectivity index (χ0n) is 35.1. The van der Waals surface area contributed by atoms with E-state index in [2.05, 4.69) is 107 Å². The Kier molecular flexibility index (Phi) is 13.2. The zero-order chi connectivity index (χ0) is 42.2. The van der Waals surface area contributed by atoms with Gasteiger partial charge in [0.2, 0.25) is 0 Å². The number of halogens is 3. The number of alkyl halides is 3. The minimum Gasteiger partial charge on any atom is -0.657 e. The van der Waals surface area contributed by atoms with Gasteiger partial charge in [0.25, 0.3) is 0 Å². The van der Waals surface area contributed by atoms with E-state index in [1.165, 1.54) is 28.3 Å². The zero-order valence-corrected chi connectivity index (χ0v) is 37.3. The van der Waals surface area contributed by atoms with Crippen molar-refractivity contribution in [3.8, 4) is 11.1 Å². The average molecular weight is 991 g/mol. The molecule has 0 saturated heterocycles. The monoisotopic (exact) mass is 990 g/mol. The van der Waals surface area contributed by atoms with Gasteiger partial charge in [-0.15, -0.1) is 52.8 Å². The number of benzene rings is 4. The molecule has 0 amide bonds. The van der Waals surface area contributed by atoms with E-state index >= 15 is 0 Å². The number of aromatic nitrogens is 5. The second-order valence-corrected chi connectivity index (χ2v) is 15.7. The molecule has 9 nitrogen and oxygen atoms in total. The summed E-state index contributed by atoms with van der Waals surface area (Å²) in [4.78, 5) is 28.4. The molecule has 0 bridgehead atoms. The van der Waals surface area contributed by atoms with Crippen LogP contribution >= 0.6 is 0 Å². The summed E-state index contributed by atoms with van der Waals surface area (Å²) < 4.78 is 37.8. The Morgan fingerprint density at radius 3 is 2.07 bits per heavy atom. The van der Waals surface area contributed by atoms with Crippen molar-refractivity contribution in [1.82, 2.24) is 24.9 Å². The van der Waals surface area contributed by atoms with E-state index < -0.39 is 11.7 Å². The predicted octanol–water partition coefficient (Wildman–Crippen LogP) is 11.8. The Labute approximate surface area is 364 Å². The molecule has 0 radical (unpaired) electrons. The van der Waals surface area contributed by atoms with Crippen LogP contribution in [0.25, 0.3) is 32.9 Å². The Morgan fingerprint density at radius 2 is 1.42 bits per heavy atom. The summed E-state index contributed by atoms with van der Waals surface area (Å²) in [5.74, 6) is 3.53. The van der Waals surface area contributed by atoms with E-state index in [0.29, 0.717) is 28.7 Å². The van der Waals surface area contributed by atoms with Gasteiger partial charge in [-0.2, -0.15) is 19.8 Å². The molecule has 4 aromatic carbocycles. The maximum Gasteiger partial charge on any atom is 4.00 e. The van der Waals surface area contributed by atoms with Crippen LogP contribution in [0.3, 0.4) is 0 Å². The van der Waals surface area contributed by atoms with Crippen molar-refractivity contribution in [2.75, 3.05) is 34.1 Å². The van der Waals surface area contributed by atoms with Gasteiger partial charge in [0, 0.05) is 24.8 Å².